The predicted molar refractivity (Wildman–Crippen MR) is 72.7 cm³/mol. The zero-order valence-electron chi connectivity index (χ0n) is 10.00. The maximum Gasteiger partial charge on any atom is 0.217 e. The van der Waals surface area contributed by atoms with Gasteiger partial charge in [-0.25, -0.2) is 9.37 Å². The summed E-state index contributed by atoms with van der Waals surface area (Å²) in [5.41, 5.74) is 6.29. The van der Waals surface area contributed by atoms with Crippen LogP contribution in [0.25, 0.3) is 11.0 Å². The van der Waals surface area contributed by atoms with E-state index in [4.69, 9.17) is 28.9 Å². The first-order valence-electron chi connectivity index (χ1n) is 5.71. The first-order valence-corrected chi connectivity index (χ1v) is 6.62. The van der Waals surface area contributed by atoms with Gasteiger partial charge in [-0.15, -0.1) is 11.6 Å². The first kappa shape index (κ1) is 14.1. The number of imidazole rings is 1. The van der Waals surface area contributed by atoms with Crippen molar-refractivity contribution in [2.45, 2.75) is 25.3 Å². The molecule has 7 heteroatoms. The molecule has 102 valence electrons. The molecule has 0 radical (unpaired) electrons. The average molecular weight is 304 g/mol. The lowest BCUT2D eigenvalue weighted by Crippen LogP contribution is -2.12. The average Bonchev–Trinajstić information content (AvgIpc) is 2.67. The number of primary amides is 1. The fourth-order valence-electron chi connectivity index (χ4n) is 1.93. The number of alkyl halides is 1. The van der Waals surface area contributed by atoms with Gasteiger partial charge in [0.05, 0.1) is 21.9 Å². The van der Waals surface area contributed by atoms with E-state index < -0.39 is 5.82 Å². The fraction of sp³-hybridized carbons (Fsp3) is 0.333. The lowest BCUT2D eigenvalue weighted by Gasteiger charge is -2.06. The molecule has 0 aliphatic rings. The lowest BCUT2D eigenvalue weighted by atomic mass is 10.2. The standard InChI is InChI=1S/C12H12Cl2FN3O/c13-6-12-17-9-4-7(14)8(15)5-10(9)18(12)3-1-2-11(16)19/h4-5H,1-3,6H2,(H2,16,19). The Morgan fingerprint density at radius 3 is 2.84 bits per heavy atom. The molecule has 4 nitrogen and oxygen atoms in total. The Morgan fingerprint density at radius 1 is 1.47 bits per heavy atom. The third-order valence-electron chi connectivity index (χ3n) is 2.79. The lowest BCUT2D eigenvalue weighted by molar-refractivity contribution is -0.118. The second kappa shape index (κ2) is 5.75. The van der Waals surface area contributed by atoms with E-state index in [2.05, 4.69) is 4.98 Å². The van der Waals surface area contributed by atoms with Crippen LogP contribution in [0.1, 0.15) is 18.7 Å². The van der Waals surface area contributed by atoms with Gasteiger partial charge in [0.25, 0.3) is 0 Å². The number of benzene rings is 1. The zero-order chi connectivity index (χ0) is 14.0. The summed E-state index contributed by atoms with van der Waals surface area (Å²) in [5.74, 6) is -0.0648. The number of nitrogens with two attached hydrogens (primary N) is 1. The Morgan fingerprint density at radius 2 is 2.21 bits per heavy atom. The summed E-state index contributed by atoms with van der Waals surface area (Å²) >= 11 is 11.5. The van der Waals surface area contributed by atoms with Crippen LogP contribution < -0.4 is 5.73 Å². The predicted octanol–water partition coefficient (Wildman–Crippen LogP) is 2.83. The molecule has 0 bridgehead atoms. The number of amides is 1. The molecule has 0 aliphatic heterocycles. The molecule has 1 aromatic carbocycles. The van der Waals surface area contributed by atoms with Crippen molar-refractivity contribution in [2.24, 2.45) is 5.73 Å². The Balaban J connectivity index is 2.39. The summed E-state index contributed by atoms with van der Waals surface area (Å²) < 4.78 is 15.3. The highest BCUT2D eigenvalue weighted by Gasteiger charge is 2.13. The number of rotatable bonds is 5. The van der Waals surface area contributed by atoms with Crippen LogP contribution in [-0.2, 0) is 17.2 Å². The van der Waals surface area contributed by atoms with Gasteiger partial charge in [0.2, 0.25) is 5.91 Å². The van der Waals surface area contributed by atoms with Gasteiger partial charge in [0.1, 0.15) is 11.6 Å². The number of fused-ring (bicyclic) bond motifs is 1. The summed E-state index contributed by atoms with van der Waals surface area (Å²) in [5, 5.41) is 0.0235. The topological polar surface area (TPSA) is 60.9 Å². The van der Waals surface area contributed by atoms with Gasteiger partial charge in [-0.1, -0.05) is 11.6 Å². The number of carbonyl (C=O) groups excluding carboxylic acids is 1. The maximum absolute atomic E-state index is 13.5. The molecule has 2 rings (SSSR count). The van der Waals surface area contributed by atoms with Crippen LogP contribution in [0.2, 0.25) is 5.02 Å². The molecular formula is C12H12Cl2FN3O. The molecule has 2 N–H and O–H groups in total. The second-order valence-electron chi connectivity index (χ2n) is 4.14. The van der Waals surface area contributed by atoms with E-state index in [1.54, 1.807) is 4.57 Å². The molecule has 1 amide bonds. The molecule has 0 saturated carbocycles. The Kier molecular flexibility index (Phi) is 4.27. The number of halogens is 3. The summed E-state index contributed by atoms with van der Waals surface area (Å²) in [6, 6.07) is 2.79. The van der Waals surface area contributed by atoms with Gasteiger partial charge < -0.3 is 10.3 Å². The molecule has 0 fully saturated rings. The van der Waals surface area contributed by atoms with Crippen LogP contribution in [-0.4, -0.2) is 15.5 Å². The van der Waals surface area contributed by atoms with E-state index in [0.29, 0.717) is 29.8 Å². The largest absolute Gasteiger partial charge is 0.370 e. The van der Waals surface area contributed by atoms with E-state index in [9.17, 15) is 9.18 Å². The number of nitrogens with zero attached hydrogens (tertiary/aromatic N) is 2. The minimum atomic E-state index is -0.508. The van der Waals surface area contributed by atoms with Crippen molar-refractivity contribution < 1.29 is 9.18 Å². The number of aromatic nitrogens is 2. The highest BCUT2D eigenvalue weighted by atomic mass is 35.5. The van der Waals surface area contributed by atoms with Crippen LogP contribution in [0.15, 0.2) is 12.1 Å². The Bertz CT molecular complexity index is 627. The third-order valence-corrected chi connectivity index (χ3v) is 3.32. The maximum atomic E-state index is 13.5. The Hall–Kier alpha value is -1.33. The van der Waals surface area contributed by atoms with Gasteiger partial charge >= 0.3 is 0 Å². The van der Waals surface area contributed by atoms with E-state index in [0.717, 1.165) is 0 Å². The molecule has 0 atom stereocenters. The van der Waals surface area contributed by atoms with Crippen molar-refractivity contribution in [2.75, 3.05) is 0 Å². The van der Waals surface area contributed by atoms with Gasteiger partial charge in [0, 0.05) is 19.0 Å². The van der Waals surface area contributed by atoms with E-state index in [-0.39, 0.29) is 23.2 Å². The van der Waals surface area contributed by atoms with Gasteiger partial charge in [-0.05, 0) is 12.5 Å². The van der Waals surface area contributed by atoms with Crippen molar-refractivity contribution in [3.63, 3.8) is 0 Å². The van der Waals surface area contributed by atoms with Crippen LogP contribution in [0.3, 0.4) is 0 Å². The van der Waals surface area contributed by atoms with E-state index in [1.807, 2.05) is 0 Å². The van der Waals surface area contributed by atoms with Crippen LogP contribution in [0.4, 0.5) is 4.39 Å². The highest BCUT2D eigenvalue weighted by molar-refractivity contribution is 6.31. The van der Waals surface area contributed by atoms with Crippen molar-refractivity contribution in [1.82, 2.24) is 9.55 Å². The van der Waals surface area contributed by atoms with E-state index in [1.165, 1.54) is 12.1 Å². The second-order valence-corrected chi connectivity index (χ2v) is 4.81. The van der Waals surface area contributed by atoms with Crippen LogP contribution in [0.5, 0.6) is 0 Å². The molecule has 19 heavy (non-hydrogen) atoms. The first-order chi connectivity index (χ1) is 9.02. The van der Waals surface area contributed by atoms with Crippen molar-refractivity contribution in [3.8, 4) is 0 Å². The van der Waals surface area contributed by atoms with Crippen molar-refractivity contribution in [1.29, 1.82) is 0 Å². The fourth-order valence-corrected chi connectivity index (χ4v) is 2.29. The van der Waals surface area contributed by atoms with Crippen LogP contribution >= 0.6 is 23.2 Å². The highest BCUT2D eigenvalue weighted by Crippen LogP contribution is 2.24. The number of hydrogen-bond acceptors (Lipinski definition) is 2. The minimum absolute atomic E-state index is 0.0235. The summed E-state index contributed by atoms with van der Waals surface area (Å²) in [6.07, 6.45) is 0.812. The monoisotopic (exact) mass is 303 g/mol. The number of carbonyl (C=O) groups is 1. The summed E-state index contributed by atoms with van der Waals surface area (Å²) in [4.78, 5) is 15.0. The van der Waals surface area contributed by atoms with Gasteiger partial charge in [0.15, 0.2) is 0 Å². The number of aryl methyl sites for hydroxylation is 1. The molecule has 1 aromatic heterocycles. The molecule has 0 spiro atoms. The van der Waals surface area contributed by atoms with Crippen LogP contribution in [0, 0.1) is 5.82 Å². The molecule has 0 aliphatic carbocycles. The summed E-state index contributed by atoms with van der Waals surface area (Å²) in [6.45, 7) is 0.503. The summed E-state index contributed by atoms with van der Waals surface area (Å²) in [7, 11) is 0. The molecule has 0 saturated heterocycles. The van der Waals surface area contributed by atoms with E-state index >= 15 is 0 Å². The number of hydrogen-bond donors (Lipinski definition) is 1. The Labute approximate surface area is 119 Å². The molecular weight excluding hydrogens is 292 g/mol. The van der Waals surface area contributed by atoms with Gasteiger partial charge in [-0.3, -0.25) is 4.79 Å². The minimum Gasteiger partial charge on any atom is -0.370 e. The molecule has 1 heterocycles. The normalized spacial score (nSPS) is 11.1. The SMILES string of the molecule is NC(=O)CCCn1c(CCl)nc2cc(Cl)c(F)cc21. The molecule has 2 aromatic rings. The van der Waals surface area contributed by atoms with Gasteiger partial charge in [-0.2, -0.15) is 0 Å². The molecule has 0 unspecified atom stereocenters. The van der Waals surface area contributed by atoms with Crippen molar-refractivity contribution >= 4 is 40.1 Å². The van der Waals surface area contributed by atoms with Crippen molar-refractivity contribution in [3.05, 3.63) is 28.8 Å². The zero-order valence-corrected chi connectivity index (χ0v) is 11.5. The third kappa shape index (κ3) is 2.98. The smallest absolute Gasteiger partial charge is 0.217 e. The quantitative estimate of drug-likeness (QED) is 0.863.